The van der Waals surface area contributed by atoms with E-state index in [2.05, 4.69) is 10.1 Å². The van der Waals surface area contributed by atoms with E-state index in [-0.39, 0.29) is 11.9 Å². The first kappa shape index (κ1) is 13.7. The third-order valence-electron chi connectivity index (χ3n) is 2.95. The Hall–Kier alpha value is -1.36. The van der Waals surface area contributed by atoms with Crippen molar-refractivity contribution in [2.45, 2.75) is 25.8 Å². The number of amides is 1. The topological polar surface area (TPSA) is 58.6 Å². The van der Waals surface area contributed by atoms with Crippen molar-refractivity contribution in [3.8, 4) is 0 Å². The van der Waals surface area contributed by atoms with Crippen LogP contribution in [0.1, 0.15) is 19.8 Å². The lowest BCUT2D eigenvalue weighted by Gasteiger charge is -2.30. The van der Waals surface area contributed by atoms with Gasteiger partial charge in [-0.2, -0.15) is 0 Å². The Kier molecular flexibility index (Phi) is 5.15. The number of methoxy groups -OCH3 is 1. The van der Waals surface area contributed by atoms with E-state index < -0.39 is 0 Å². The summed E-state index contributed by atoms with van der Waals surface area (Å²) in [5, 5.41) is 3.30. The van der Waals surface area contributed by atoms with Gasteiger partial charge in [0, 0.05) is 38.2 Å². The first-order chi connectivity index (χ1) is 8.04. The number of hydrogen-bond donors (Lipinski definition) is 1. The quantitative estimate of drug-likeness (QED) is 0.568. The minimum absolute atomic E-state index is 0.198. The van der Waals surface area contributed by atoms with Crippen LogP contribution in [0, 0.1) is 0 Å². The molecule has 1 saturated heterocycles. The second-order valence-electron chi connectivity index (χ2n) is 4.30. The van der Waals surface area contributed by atoms with E-state index in [0.717, 1.165) is 13.0 Å². The summed E-state index contributed by atoms with van der Waals surface area (Å²) < 4.78 is 4.60. The van der Waals surface area contributed by atoms with Crippen molar-refractivity contribution in [1.82, 2.24) is 10.2 Å². The first-order valence-electron chi connectivity index (χ1n) is 5.77. The average Bonchev–Trinajstić information content (AvgIpc) is 2.32. The number of likely N-dealkylation sites (N-methyl/N-ethyl adjacent to an activating group) is 1. The zero-order chi connectivity index (χ0) is 12.8. The Bertz CT molecular complexity index is 326. The molecule has 1 N–H and O–H groups in total. The fraction of sp³-hybridized carbons (Fsp3) is 0.667. The lowest BCUT2D eigenvalue weighted by molar-refractivity contribution is -0.136. The summed E-state index contributed by atoms with van der Waals surface area (Å²) >= 11 is 0. The molecule has 0 aromatic rings. The Balaban J connectivity index is 2.32. The van der Waals surface area contributed by atoms with Crippen molar-refractivity contribution in [2.24, 2.45) is 0 Å². The largest absolute Gasteiger partial charge is 0.466 e. The van der Waals surface area contributed by atoms with Crippen LogP contribution < -0.4 is 5.32 Å². The van der Waals surface area contributed by atoms with Gasteiger partial charge in [0.05, 0.1) is 7.11 Å². The molecule has 1 unspecified atom stereocenters. The molecule has 0 aromatic heterocycles. The second kappa shape index (κ2) is 6.39. The summed E-state index contributed by atoms with van der Waals surface area (Å²) in [6.07, 6.45) is 3.25. The van der Waals surface area contributed by atoms with E-state index >= 15 is 0 Å². The van der Waals surface area contributed by atoms with Gasteiger partial charge < -0.3 is 15.0 Å². The summed E-state index contributed by atoms with van der Waals surface area (Å²) in [6, 6.07) is 0.305. The number of nitrogens with zero attached hydrogens (tertiary/aromatic N) is 1. The van der Waals surface area contributed by atoms with Crippen molar-refractivity contribution in [2.75, 3.05) is 27.2 Å². The molecule has 1 heterocycles. The molecule has 1 fully saturated rings. The number of carbonyl (C=O) groups is 2. The molecule has 1 aliphatic rings. The number of rotatable bonds is 4. The van der Waals surface area contributed by atoms with E-state index in [1.807, 2.05) is 13.1 Å². The molecule has 0 aliphatic carbocycles. The van der Waals surface area contributed by atoms with Crippen molar-refractivity contribution in [3.63, 3.8) is 0 Å². The van der Waals surface area contributed by atoms with Gasteiger partial charge in [-0.15, -0.1) is 0 Å². The maximum atomic E-state index is 11.3. The third kappa shape index (κ3) is 4.19. The van der Waals surface area contributed by atoms with Crippen molar-refractivity contribution in [1.29, 1.82) is 0 Å². The predicted molar refractivity (Wildman–Crippen MR) is 64.4 cm³/mol. The van der Waals surface area contributed by atoms with Crippen LogP contribution in [0.5, 0.6) is 0 Å². The van der Waals surface area contributed by atoms with Gasteiger partial charge in [-0.3, -0.25) is 4.79 Å². The number of hydrogen-bond acceptors (Lipinski definition) is 4. The number of carbonyl (C=O) groups excluding carboxylic acids is 2. The van der Waals surface area contributed by atoms with Crippen LogP contribution in [0.2, 0.25) is 0 Å². The molecule has 0 aromatic carbocycles. The SMILES string of the molecule is COC(=O)C(C)=CCNC1CCC(=O)N(C)C1. The summed E-state index contributed by atoms with van der Waals surface area (Å²) in [7, 11) is 3.18. The van der Waals surface area contributed by atoms with Crippen molar-refractivity contribution >= 4 is 11.9 Å². The van der Waals surface area contributed by atoms with E-state index in [0.29, 0.717) is 24.6 Å². The van der Waals surface area contributed by atoms with E-state index in [1.54, 1.807) is 11.8 Å². The standard InChI is InChI=1S/C12H20N2O3/c1-9(12(16)17-3)6-7-13-10-4-5-11(15)14(2)8-10/h6,10,13H,4-5,7-8H2,1-3H3. The predicted octanol–water partition coefficient (Wildman–Crippen LogP) is 0.316. The van der Waals surface area contributed by atoms with Crippen molar-refractivity contribution < 1.29 is 14.3 Å². The smallest absolute Gasteiger partial charge is 0.333 e. The summed E-state index contributed by atoms with van der Waals surface area (Å²) in [5.74, 6) is -0.105. The Labute approximate surface area is 102 Å². The molecule has 1 amide bonds. The summed E-state index contributed by atoms with van der Waals surface area (Å²) in [4.78, 5) is 24.1. The van der Waals surface area contributed by atoms with Crippen LogP contribution in [0.4, 0.5) is 0 Å². The molecule has 0 radical (unpaired) electrons. The average molecular weight is 240 g/mol. The van der Waals surface area contributed by atoms with Gasteiger partial charge in [0.1, 0.15) is 0 Å². The fourth-order valence-corrected chi connectivity index (χ4v) is 1.80. The molecule has 5 nitrogen and oxygen atoms in total. The highest BCUT2D eigenvalue weighted by atomic mass is 16.5. The molecule has 0 bridgehead atoms. The van der Waals surface area contributed by atoms with Crippen molar-refractivity contribution in [3.05, 3.63) is 11.6 Å². The van der Waals surface area contributed by atoms with Gasteiger partial charge >= 0.3 is 5.97 Å². The van der Waals surface area contributed by atoms with Crippen LogP contribution in [0.25, 0.3) is 0 Å². The third-order valence-corrected chi connectivity index (χ3v) is 2.95. The maximum Gasteiger partial charge on any atom is 0.333 e. The molecular weight excluding hydrogens is 220 g/mol. The highest BCUT2D eigenvalue weighted by molar-refractivity contribution is 5.87. The zero-order valence-electron chi connectivity index (χ0n) is 10.7. The van der Waals surface area contributed by atoms with E-state index in [1.165, 1.54) is 7.11 Å². The van der Waals surface area contributed by atoms with Gasteiger partial charge in [-0.1, -0.05) is 6.08 Å². The molecule has 1 aliphatic heterocycles. The Morgan fingerprint density at radius 3 is 2.94 bits per heavy atom. The number of esters is 1. The van der Waals surface area contributed by atoms with Gasteiger partial charge in [-0.05, 0) is 13.3 Å². The monoisotopic (exact) mass is 240 g/mol. The lowest BCUT2D eigenvalue weighted by atomic mass is 10.1. The van der Waals surface area contributed by atoms with Gasteiger partial charge in [-0.25, -0.2) is 4.79 Å². The minimum Gasteiger partial charge on any atom is -0.466 e. The van der Waals surface area contributed by atoms with Gasteiger partial charge in [0.25, 0.3) is 0 Å². The summed E-state index contributed by atoms with van der Waals surface area (Å²) in [5.41, 5.74) is 0.597. The molecule has 0 spiro atoms. The molecule has 1 rings (SSSR count). The van der Waals surface area contributed by atoms with Gasteiger partial charge in [0.15, 0.2) is 0 Å². The van der Waals surface area contributed by atoms with Gasteiger partial charge in [0.2, 0.25) is 5.91 Å². The van der Waals surface area contributed by atoms with E-state index in [9.17, 15) is 9.59 Å². The normalized spacial score (nSPS) is 21.6. The molecule has 17 heavy (non-hydrogen) atoms. The Morgan fingerprint density at radius 2 is 2.35 bits per heavy atom. The van der Waals surface area contributed by atoms with Crippen LogP contribution in [-0.4, -0.2) is 50.1 Å². The molecule has 5 heteroatoms. The molecule has 96 valence electrons. The zero-order valence-corrected chi connectivity index (χ0v) is 10.7. The van der Waals surface area contributed by atoms with Crippen LogP contribution >= 0.6 is 0 Å². The second-order valence-corrected chi connectivity index (χ2v) is 4.30. The Morgan fingerprint density at radius 1 is 1.65 bits per heavy atom. The lowest BCUT2D eigenvalue weighted by Crippen LogP contribution is -2.46. The molecular formula is C12H20N2O3. The molecule has 0 saturated carbocycles. The highest BCUT2D eigenvalue weighted by Gasteiger charge is 2.21. The number of ether oxygens (including phenoxy) is 1. The van der Waals surface area contributed by atoms with E-state index in [4.69, 9.17) is 0 Å². The number of nitrogens with one attached hydrogen (secondary N) is 1. The summed E-state index contributed by atoms with van der Waals surface area (Å²) in [6.45, 7) is 3.07. The maximum absolute atomic E-state index is 11.3. The minimum atomic E-state index is -0.303. The highest BCUT2D eigenvalue weighted by Crippen LogP contribution is 2.09. The fourth-order valence-electron chi connectivity index (χ4n) is 1.80. The number of piperidine rings is 1. The first-order valence-corrected chi connectivity index (χ1v) is 5.77. The molecule has 1 atom stereocenters. The number of likely N-dealkylation sites (tertiary alicyclic amines) is 1. The van der Waals surface area contributed by atoms with Crippen LogP contribution in [0.3, 0.4) is 0 Å². The van der Waals surface area contributed by atoms with Crippen LogP contribution in [0.15, 0.2) is 11.6 Å². The van der Waals surface area contributed by atoms with Crippen LogP contribution in [-0.2, 0) is 14.3 Å².